The number of ether oxygens (including phenoxy) is 1. The molecule has 0 fully saturated rings. The summed E-state index contributed by atoms with van der Waals surface area (Å²) in [7, 11) is 1.58. The summed E-state index contributed by atoms with van der Waals surface area (Å²) < 4.78 is 4.83. The van der Waals surface area contributed by atoms with E-state index >= 15 is 0 Å². The van der Waals surface area contributed by atoms with Crippen LogP contribution < -0.4 is 10.6 Å². The van der Waals surface area contributed by atoms with Gasteiger partial charge in [-0.05, 0) is 13.8 Å². The van der Waals surface area contributed by atoms with Crippen LogP contribution in [0.15, 0.2) is 12.4 Å². The van der Waals surface area contributed by atoms with Crippen LogP contribution in [0.1, 0.15) is 24.3 Å². The summed E-state index contributed by atoms with van der Waals surface area (Å²) in [5.74, 6) is 0.416. The Morgan fingerprint density at radius 1 is 1.41 bits per heavy atom. The lowest BCUT2D eigenvalue weighted by molar-refractivity contribution is 0.0932. The van der Waals surface area contributed by atoms with E-state index in [-0.39, 0.29) is 11.9 Å². The van der Waals surface area contributed by atoms with Gasteiger partial charge in [-0.3, -0.25) is 4.79 Å². The van der Waals surface area contributed by atoms with E-state index in [9.17, 15) is 4.79 Å². The Hall–Kier alpha value is -1.69. The molecule has 2 N–H and O–H groups in total. The molecule has 17 heavy (non-hydrogen) atoms. The molecular formula is C11H18N4O2. The Balaban J connectivity index is 2.52. The van der Waals surface area contributed by atoms with Gasteiger partial charge in [-0.2, -0.15) is 0 Å². The van der Waals surface area contributed by atoms with Gasteiger partial charge in [0.1, 0.15) is 11.5 Å². The molecule has 94 valence electrons. The van der Waals surface area contributed by atoms with Gasteiger partial charge >= 0.3 is 0 Å². The van der Waals surface area contributed by atoms with Crippen LogP contribution in [0.2, 0.25) is 0 Å². The molecule has 0 saturated heterocycles. The summed E-state index contributed by atoms with van der Waals surface area (Å²) in [6.07, 6.45) is 3.00. The molecule has 0 unspecified atom stereocenters. The largest absolute Gasteiger partial charge is 0.383 e. The van der Waals surface area contributed by atoms with Crippen molar-refractivity contribution >= 4 is 11.7 Å². The van der Waals surface area contributed by atoms with Crippen molar-refractivity contribution in [3.05, 3.63) is 18.1 Å². The lowest BCUT2D eigenvalue weighted by atomic mass is 10.4. The highest BCUT2D eigenvalue weighted by atomic mass is 16.5. The predicted octanol–water partition coefficient (Wildman–Crippen LogP) is 0.673. The zero-order valence-electron chi connectivity index (χ0n) is 10.4. The SMILES string of the molecule is COCCNC(=O)c1cnc(NC(C)C)cn1. The maximum atomic E-state index is 11.6. The first kappa shape index (κ1) is 13.4. The van der Waals surface area contributed by atoms with Crippen LogP contribution in [0.5, 0.6) is 0 Å². The second kappa shape index (κ2) is 6.80. The number of anilines is 1. The number of nitrogens with one attached hydrogen (secondary N) is 2. The maximum Gasteiger partial charge on any atom is 0.271 e. The minimum absolute atomic E-state index is 0.245. The lowest BCUT2D eigenvalue weighted by Crippen LogP contribution is -2.27. The van der Waals surface area contributed by atoms with E-state index in [0.29, 0.717) is 24.7 Å². The molecule has 0 spiro atoms. The van der Waals surface area contributed by atoms with Gasteiger partial charge in [-0.1, -0.05) is 0 Å². The van der Waals surface area contributed by atoms with Crippen molar-refractivity contribution in [3.8, 4) is 0 Å². The summed E-state index contributed by atoms with van der Waals surface area (Å²) in [6, 6.07) is 0.283. The number of carbonyl (C=O) groups excluding carboxylic acids is 1. The van der Waals surface area contributed by atoms with Crippen LogP contribution in [-0.4, -0.2) is 42.2 Å². The third-order valence-electron chi connectivity index (χ3n) is 1.91. The third kappa shape index (κ3) is 4.78. The van der Waals surface area contributed by atoms with E-state index in [0.717, 1.165) is 0 Å². The fourth-order valence-electron chi connectivity index (χ4n) is 1.17. The molecule has 1 aromatic rings. The number of methoxy groups -OCH3 is 1. The van der Waals surface area contributed by atoms with Gasteiger partial charge in [-0.25, -0.2) is 9.97 Å². The molecule has 0 aliphatic rings. The summed E-state index contributed by atoms with van der Waals surface area (Å²) >= 11 is 0. The number of nitrogens with zero attached hydrogens (tertiary/aromatic N) is 2. The van der Waals surface area contributed by atoms with Crippen molar-refractivity contribution in [3.63, 3.8) is 0 Å². The van der Waals surface area contributed by atoms with E-state index in [4.69, 9.17) is 4.74 Å². The van der Waals surface area contributed by atoms with Crippen LogP contribution in [0.25, 0.3) is 0 Å². The molecule has 1 rings (SSSR count). The topological polar surface area (TPSA) is 76.1 Å². The zero-order chi connectivity index (χ0) is 12.7. The Kier molecular flexibility index (Phi) is 5.35. The lowest BCUT2D eigenvalue weighted by Gasteiger charge is -2.08. The molecule has 6 nitrogen and oxygen atoms in total. The van der Waals surface area contributed by atoms with E-state index in [2.05, 4.69) is 20.6 Å². The van der Waals surface area contributed by atoms with Gasteiger partial charge in [0.2, 0.25) is 0 Å². The van der Waals surface area contributed by atoms with Crippen LogP contribution >= 0.6 is 0 Å². The maximum absolute atomic E-state index is 11.6. The molecule has 0 atom stereocenters. The Morgan fingerprint density at radius 3 is 2.71 bits per heavy atom. The number of amides is 1. The second-order valence-corrected chi connectivity index (χ2v) is 3.83. The van der Waals surface area contributed by atoms with Crippen LogP contribution in [0, 0.1) is 0 Å². The van der Waals surface area contributed by atoms with Gasteiger partial charge in [0.25, 0.3) is 5.91 Å². The standard InChI is InChI=1S/C11H18N4O2/c1-8(2)15-10-7-13-9(6-14-10)11(16)12-4-5-17-3/h6-8H,4-5H2,1-3H3,(H,12,16)(H,14,15). The van der Waals surface area contributed by atoms with E-state index in [1.807, 2.05) is 13.8 Å². The second-order valence-electron chi connectivity index (χ2n) is 3.83. The van der Waals surface area contributed by atoms with Crippen LogP contribution in [0.4, 0.5) is 5.82 Å². The van der Waals surface area contributed by atoms with E-state index < -0.39 is 0 Å². The van der Waals surface area contributed by atoms with Gasteiger partial charge in [0, 0.05) is 19.7 Å². The number of aromatic nitrogens is 2. The fourth-order valence-corrected chi connectivity index (χ4v) is 1.17. The van der Waals surface area contributed by atoms with Crippen molar-refractivity contribution in [2.45, 2.75) is 19.9 Å². The van der Waals surface area contributed by atoms with Crippen molar-refractivity contribution in [1.82, 2.24) is 15.3 Å². The summed E-state index contributed by atoms with van der Waals surface area (Å²) in [4.78, 5) is 19.7. The first-order chi connectivity index (χ1) is 8.13. The molecule has 0 aliphatic heterocycles. The number of hydrogen-bond acceptors (Lipinski definition) is 5. The predicted molar refractivity (Wildman–Crippen MR) is 65.0 cm³/mol. The van der Waals surface area contributed by atoms with E-state index in [1.54, 1.807) is 13.3 Å². The van der Waals surface area contributed by atoms with Crippen molar-refractivity contribution < 1.29 is 9.53 Å². The van der Waals surface area contributed by atoms with Gasteiger partial charge < -0.3 is 15.4 Å². The molecular weight excluding hydrogens is 220 g/mol. The summed E-state index contributed by atoms with van der Waals surface area (Å²) in [5.41, 5.74) is 0.301. The average Bonchev–Trinajstić information content (AvgIpc) is 2.29. The number of rotatable bonds is 6. The molecule has 1 heterocycles. The highest BCUT2D eigenvalue weighted by Gasteiger charge is 2.07. The molecule has 0 aromatic carbocycles. The Labute approximate surface area is 101 Å². The quantitative estimate of drug-likeness (QED) is 0.712. The molecule has 0 aliphatic carbocycles. The highest BCUT2D eigenvalue weighted by molar-refractivity contribution is 5.91. The third-order valence-corrected chi connectivity index (χ3v) is 1.91. The molecule has 0 bridgehead atoms. The smallest absolute Gasteiger partial charge is 0.271 e. The van der Waals surface area contributed by atoms with Crippen molar-refractivity contribution in [2.24, 2.45) is 0 Å². The minimum Gasteiger partial charge on any atom is -0.383 e. The Bertz CT molecular complexity index is 351. The Morgan fingerprint density at radius 2 is 2.18 bits per heavy atom. The number of hydrogen-bond donors (Lipinski definition) is 2. The minimum atomic E-state index is -0.245. The first-order valence-corrected chi connectivity index (χ1v) is 5.49. The zero-order valence-corrected chi connectivity index (χ0v) is 10.4. The van der Waals surface area contributed by atoms with Crippen LogP contribution in [-0.2, 0) is 4.74 Å². The molecule has 1 amide bonds. The molecule has 0 saturated carbocycles. The fraction of sp³-hybridized carbons (Fsp3) is 0.545. The molecule has 0 radical (unpaired) electrons. The molecule has 6 heteroatoms. The van der Waals surface area contributed by atoms with Gasteiger partial charge in [-0.15, -0.1) is 0 Å². The first-order valence-electron chi connectivity index (χ1n) is 5.49. The van der Waals surface area contributed by atoms with Gasteiger partial charge in [0.15, 0.2) is 0 Å². The monoisotopic (exact) mass is 238 g/mol. The number of carbonyl (C=O) groups is 1. The highest BCUT2D eigenvalue weighted by Crippen LogP contribution is 2.02. The average molecular weight is 238 g/mol. The van der Waals surface area contributed by atoms with Gasteiger partial charge in [0.05, 0.1) is 19.0 Å². The van der Waals surface area contributed by atoms with E-state index in [1.165, 1.54) is 6.20 Å². The van der Waals surface area contributed by atoms with Crippen molar-refractivity contribution in [1.29, 1.82) is 0 Å². The van der Waals surface area contributed by atoms with Crippen molar-refractivity contribution in [2.75, 3.05) is 25.6 Å². The molecule has 1 aromatic heterocycles. The normalized spacial score (nSPS) is 10.4. The summed E-state index contributed by atoms with van der Waals surface area (Å²) in [6.45, 7) is 4.95. The summed E-state index contributed by atoms with van der Waals surface area (Å²) in [5, 5.41) is 5.77. The van der Waals surface area contributed by atoms with Crippen LogP contribution in [0.3, 0.4) is 0 Å².